The highest BCUT2D eigenvalue weighted by atomic mass is 79.9. The Labute approximate surface area is 152 Å². The van der Waals surface area contributed by atoms with Crippen LogP contribution in [-0.4, -0.2) is 18.1 Å². The van der Waals surface area contributed by atoms with E-state index < -0.39 is 5.91 Å². The number of halogens is 2. The standard InChI is InChI=1S/C17H12BrClN2O3/c1-24-15-8-10(7-12(18)16(15)22)6-11(9-20)17(23)21-14-5-3-2-4-13(14)19/h2-8,22H,1H3,(H,21,23). The Balaban J connectivity index is 2.33. The van der Waals surface area contributed by atoms with Crippen molar-refractivity contribution in [2.75, 3.05) is 12.4 Å². The van der Waals surface area contributed by atoms with Gasteiger partial charge in [-0.25, -0.2) is 0 Å². The minimum Gasteiger partial charge on any atom is -0.503 e. The number of carbonyl (C=O) groups is 1. The Morgan fingerprint density at radius 3 is 2.75 bits per heavy atom. The summed E-state index contributed by atoms with van der Waals surface area (Å²) in [6.45, 7) is 0. The number of nitrogens with one attached hydrogen (secondary N) is 1. The van der Waals surface area contributed by atoms with Gasteiger partial charge in [-0.05, 0) is 51.8 Å². The van der Waals surface area contributed by atoms with Crippen molar-refractivity contribution in [3.05, 3.63) is 57.0 Å². The quantitative estimate of drug-likeness (QED) is 0.583. The molecule has 0 aliphatic carbocycles. The van der Waals surface area contributed by atoms with E-state index in [2.05, 4.69) is 21.2 Å². The number of amides is 1. The van der Waals surface area contributed by atoms with Gasteiger partial charge in [0.15, 0.2) is 11.5 Å². The van der Waals surface area contributed by atoms with Crippen LogP contribution in [0.15, 0.2) is 46.4 Å². The molecular weight excluding hydrogens is 396 g/mol. The number of phenols is 1. The molecule has 0 spiro atoms. The van der Waals surface area contributed by atoms with Crippen molar-refractivity contribution in [2.45, 2.75) is 0 Å². The van der Waals surface area contributed by atoms with Crippen LogP contribution >= 0.6 is 27.5 Å². The second-order valence-electron chi connectivity index (χ2n) is 4.66. The zero-order valence-electron chi connectivity index (χ0n) is 12.5. The number of nitriles is 1. The van der Waals surface area contributed by atoms with Crippen LogP contribution in [0.2, 0.25) is 5.02 Å². The molecule has 0 heterocycles. The molecule has 2 rings (SSSR count). The van der Waals surface area contributed by atoms with Crippen LogP contribution in [0.1, 0.15) is 5.56 Å². The Morgan fingerprint density at radius 2 is 2.12 bits per heavy atom. The summed E-state index contributed by atoms with van der Waals surface area (Å²) >= 11 is 9.18. The lowest BCUT2D eigenvalue weighted by molar-refractivity contribution is -0.112. The largest absolute Gasteiger partial charge is 0.503 e. The van der Waals surface area contributed by atoms with Crippen molar-refractivity contribution < 1.29 is 14.6 Å². The average Bonchev–Trinajstić information content (AvgIpc) is 2.57. The number of hydrogen-bond donors (Lipinski definition) is 2. The zero-order valence-corrected chi connectivity index (χ0v) is 14.9. The summed E-state index contributed by atoms with van der Waals surface area (Å²) in [5, 5.41) is 22.0. The molecule has 0 saturated heterocycles. The van der Waals surface area contributed by atoms with Gasteiger partial charge in [-0.15, -0.1) is 0 Å². The van der Waals surface area contributed by atoms with Gasteiger partial charge in [-0.2, -0.15) is 5.26 Å². The Morgan fingerprint density at radius 1 is 1.42 bits per heavy atom. The molecule has 0 saturated carbocycles. The first-order valence-corrected chi connectivity index (χ1v) is 7.87. The normalized spacial score (nSPS) is 10.8. The summed E-state index contributed by atoms with van der Waals surface area (Å²) < 4.78 is 5.43. The van der Waals surface area contributed by atoms with Gasteiger partial charge in [0.2, 0.25) is 0 Å². The fourth-order valence-electron chi connectivity index (χ4n) is 1.90. The molecule has 0 aromatic heterocycles. The van der Waals surface area contributed by atoms with Crippen LogP contribution in [0.4, 0.5) is 5.69 Å². The Bertz CT molecular complexity index is 859. The van der Waals surface area contributed by atoms with Crippen LogP contribution in [0, 0.1) is 11.3 Å². The van der Waals surface area contributed by atoms with Gasteiger partial charge in [0.05, 0.1) is 22.3 Å². The molecule has 24 heavy (non-hydrogen) atoms. The highest BCUT2D eigenvalue weighted by molar-refractivity contribution is 9.10. The molecular formula is C17H12BrClN2O3. The molecule has 0 unspecified atom stereocenters. The lowest BCUT2D eigenvalue weighted by Gasteiger charge is -2.08. The van der Waals surface area contributed by atoms with Gasteiger partial charge < -0.3 is 15.2 Å². The van der Waals surface area contributed by atoms with Gasteiger partial charge in [-0.3, -0.25) is 4.79 Å². The minimum atomic E-state index is -0.589. The third kappa shape index (κ3) is 4.07. The number of aromatic hydroxyl groups is 1. The molecule has 2 aromatic carbocycles. The Kier molecular flexibility index (Phi) is 5.85. The minimum absolute atomic E-state index is 0.0614. The summed E-state index contributed by atoms with van der Waals surface area (Å²) in [6, 6.07) is 11.7. The third-order valence-electron chi connectivity index (χ3n) is 3.07. The number of nitrogens with zero attached hydrogens (tertiary/aromatic N) is 1. The average molecular weight is 408 g/mol. The van der Waals surface area contributed by atoms with E-state index in [4.69, 9.17) is 16.3 Å². The van der Waals surface area contributed by atoms with E-state index in [9.17, 15) is 15.2 Å². The predicted molar refractivity (Wildman–Crippen MR) is 96.0 cm³/mol. The molecule has 7 heteroatoms. The number of ether oxygens (including phenoxy) is 1. The fraction of sp³-hybridized carbons (Fsp3) is 0.0588. The van der Waals surface area contributed by atoms with E-state index in [1.54, 1.807) is 30.3 Å². The molecule has 0 aliphatic rings. The highest BCUT2D eigenvalue weighted by Gasteiger charge is 2.13. The summed E-state index contributed by atoms with van der Waals surface area (Å²) in [5.74, 6) is -0.429. The van der Waals surface area contributed by atoms with Crippen LogP contribution in [-0.2, 0) is 4.79 Å². The third-order valence-corrected chi connectivity index (χ3v) is 4.00. The number of rotatable bonds is 4. The van der Waals surface area contributed by atoms with Crippen molar-refractivity contribution in [3.8, 4) is 17.6 Å². The van der Waals surface area contributed by atoms with E-state index >= 15 is 0 Å². The van der Waals surface area contributed by atoms with E-state index in [0.717, 1.165) is 0 Å². The van der Waals surface area contributed by atoms with Crippen LogP contribution in [0.5, 0.6) is 11.5 Å². The van der Waals surface area contributed by atoms with E-state index in [0.29, 0.717) is 20.7 Å². The number of methoxy groups -OCH3 is 1. The van der Waals surface area contributed by atoms with Crippen molar-refractivity contribution in [3.63, 3.8) is 0 Å². The molecule has 0 fully saturated rings. The summed E-state index contributed by atoms with van der Waals surface area (Å²) in [4.78, 5) is 12.3. The first-order valence-electron chi connectivity index (χ1n) is 6.70. The van der Waals surface area contributed by atoms with Crippen LogP contribution in [0.25, 0.3) is 6.08 Å². The van der Waals surface area contributed by atoms with Gasteiger partial charge in [0, 0.05) is 0 Å². The summed E-state index contributed by atoms with van der Waals surface area (Å²) in [5.41, 5.74) is 0.812. The maximum absolute atomic E-state index is 12.3. The lowest BCUT2D eigenvalue weighted by Crippen LogP contribution is -2.13. The van der Waals surface area contributed by atoms with E-state index in [1.165, 1.54) is 19.3 Å². The topological polar surface area (TPSA) is 82.3 Å². The predicted octanol–water partition coefficient (Wildman–Crippen LogP) is 4.36. The second kappa shape index (κ2) is 7.86. The van der Waals surface area contributed by atoms with Gasteiger partial charge in [-0.1, -0.05) is 23.7 Å². The van der Waals surface area contributed by atoms with Gasteiger partial charge in [0.25, 0.3) is 5.91 Å². The smallest absolute Gasteiger partial charge is 0.266 e. The van der Waals surface area contributed by atoms with Crippen molar-refractivity contribution >= 4 is 45.2 Å². The Hall–Kier alpha value is -2.49. The van der Waals surface area contributed by atoms with Crippen molar-refractivity contribution in [2.24, 2.45) is 0 Å². The number of phenolic OH excluding ortho intramolecular Hbond substituents is 1. The molecule has 0 atom stereocenters. The summed E-state index contributed by atoms with van der Waals surface area (Å²) in [7, 11) is 1.41. The van der Waals surface area contributed by atoms with Gasteiger partial charge in [0.1, 0.15) is 11.6 Å². The lowest BCUT2D eigenvalue weighted by atomic mass is 10.1. The fourth-order valence-corrected chi connectivity index (χ4v) is 2.54. The molecule has 1 amide bonds. The zero-order chi connectivity index (χ0) is 17.7. The second-order valence-corrected chi connectivity index (χ2v) is 5.92. The maximum Gasteiger partial charge on any atom is 0.266 e. The van der Waals surface area contributed by atoms with E-state index in [-0.39, 0.29) is 17.1 Å². The molecule has 2 N–H and O–H groups in total. The van der Waals surface area contributed by atoms with Crippen LogP contribution in [0.3, 0.4) is 0 Å². The van der Waals surface area contributed by atoms with Gasteiger partial charge >= 0.3 is 0 Å². The molecule has 0 bridgehead atoms. The number of carbonyl (C=O) groups excluding carboxylic acids is 1. The SMILES string of the molecule is COc1cc(C=C(C#N)C(=O)Nc2ccccc2Cl)cc(Br)c1O. The highest BCUT2D eigenvalue weighted by Crippen LogP contribution is 2.35. The maximum atomic E-state index is 12.3. The molecule has 0 radical (unpaired) electrons. The molecule has 5 nitrogen and oxygen atoms in total. The molecule has 122 valence electrons. The number of anilines is 1. The first kappa shape index (κ1) is 17.9. The number of para-hydroxylation sites is 1. The number of benzene rings is 2. The first-order chi connectivity index (χ1) is 11.5. The van der Waals surface area contributed by atoms with Crippen LogP contribution < -0.4 is 10.1 Å². The number of hydrogen-bond acceptors (Lipinski definition) is 4. The molecule has 0 aliphatic heterocycles. The van der Waals surface area contributed by atoms with Crippen molar-refractivity contribution in [1.29, 1.82) is 5.26 Å². The van der Waals surface area contributed by atoms with E-state index in [1.807, 2.05) is 6.07 Å². The molecule has 2 aromatic rings. The summed E-state index contributed by atoms with van der Waals surface area (Å²) in [6.07, 6.45) is 1.39. The van der Waals surface area contributed by atoms with Crippen molar-refractivity contribution in [1.82, 2.24) is 0 Å². The monoisotopic (exact) mass is 406 g/mol.